The van der Waals surface area contributed by atoms with Crippen molar-refractivity contribution in [2.24, 2.45) is 0 Å². The molecule has 0 saturated heterocycles. The Kier molecular flexibility index (Phi) is 7.84. The molecule has 9 aromatic carbocycles. The summed E-state index contributed by atoms with van der Waals surface area (Å²) in [6.07, 6.45) is 0. The maximum atomic E-state index is 6.61. The standard InChI is InChI=1S/C60H37N3O2S/c1-60(2)47-19-6-3-14-39(47)40-27-24-37(33-48(40)60)35-13-9-12-34(30-35)36-25-28-50-46(31-36)56-44(18-11-22-52(56)65-50)59-62-57(38-26-29-54-45(32-38)41-15-5-8-23-53(41)66-54)61-58(63-59)43-17-10-21-51-55(43)42-16-4-7-20-49(42)64-51/h3-33H,1-2H3. The van der Waals surface area contributed by atoms with Crippen molar-refractivity contribution in [3.05, 3.63) is 199 Å². The van der Waals surface area contributed by atoms with Gasteiger partial charge in [0.2, 0.25) is 0 Å². The van der Waals surface area contributed by atoms with E-state index in [0.29, 0.717) is 17.5 Å². The summed E-state index contributed by atoms with van der Waals surface area (Å²) in [7, 11) is 0. The van der Waals surface area contributed by atoms with Crippen LogP contribution in [0.3, 0.4) is 0 Å². The molecule has 0 fully saturated rings. The van der Waals surface area contributed by atoms with Crippen molar-refractivity contribution in [3.8, 4) is 67.5 Å². The molecule has 0 amide bonds. The van der Waals surface area contributed by atoms with E-state index in [0.717, 1.165) is 71.7 Å². The number of para-hydroxylation sites is 1. The van der Waals surface area contributed by atoms with Crippen LogP contribution >= 0.6 is 11.3 Å². The van der Waals surface area contributed by atoms with Gasteiger partial charge in [0.05, 0.1) is 0 Å². The van der Waals surface area contributed by atoms with Gasteiger partial charge in [-0.15, -0.1) is 11.3 Å². The van der Waals surface area contributed by atoms with Crippen molar-refractivity contribution >= 4 is 75.4 Å². The minimum atomic E-state index is -0.0713. The first kappa shape index (κ1) is 37.2. The molecule has 5 nitrogen and oxygen atoms in total. The molecule has 0 saturated carbocycles. The van der Waals surface area contributed by atoms with E-state index in [1.54, 1.807) is 11.3 Å². The van der Waals surface area contributed by atoms with Crippen LogP contribution in [0.25, 0.3) is 132 Å². The quantitative estimate of drug-likeness (QED) is 0.172. The first-order chi connectivity index (χ1) is 32.4. The molecule has 6 heteroatoms. The van der Waals surface area contributed by atoms with Gasteiger partial charge in [-0.1, -0.05) is 135 Å². The Hall–Kier alpha value is -8.19. The molecule has 0 unspecified atom stereocenters. The summed E-state index contributed by atoms with van der Waals surface area (Å²) in [6, 6.07) is 66.7. The third-order valence-electron chi connectivity index (χ3n) is 13.8. The van der Waals surface area contributed by atoms with E-state index in [9.17, 15) is 0 Å². The molecule has 0 aliphatic heterocycles. The van der Waals surface area contributed by atoms with Crippen molar-refractivity contribution in [2.75, 3.05) is 0 Å². The second-order valence-electron chi connectivity index (χ2n) is 17.9. The fourth-order valence-electron chi connectivity index (χ4n) is 10.5. The zero-order valence-electron chi connectivity index (χ0n) is 36.0. The lowest BCUT2D eigenvalue weighted by Gasteiger charge is -2.22. The first-order valence-corrected chi connectivity index (χ1v) is 23.1. The third kappa shape index (κ3) is 5.55. The highest BCUT2D eigenvalue weighted by Crippen LogP contribution is 2.50. The zero-order valence-corrected chi connectivity index (χ0v) is 36.8. The predicted molar refractivity (Wildman–Crippen MR) is 272 cm³/mol. The summed E-state index contributed by atoms with van der Waals surface area (Å²) in [5.41, 5.74) is 15.8. The maximum Gasteiger partial charge on any atom is 0.164 e. The minimum absolute atomic E-state index is 0.0713. The predicted octanol–water partition coefficient (Wildman–Crippen LogP) is 16.7. The maximum absolute atomic E-state index is 6.61. The number of hydrogen-bond donors (Lipinski definition) is 0. The molecule has 0 spiro atoms. The molecule has 4 heterocycles. The van der Waals surface area contributed by atoms with Crippen molar-refractivity contribution in [2.45, 2.75) is 19.3 Å². The van der Waals surface area contributed by atoms with Crippen LogP contribution in [-0.4, -0.2) is 15.0 Å². The van der Waals surface area contributed by atoms with Crippen molar-refractivity contribution in [1.82, 2.24) is 15.0 Å². The monoisotopic (exact) mass is 863 g/mol. The summed E-state index contributed by atoms with van der Waals surface area (Å²) < 4.78 is 15.4. The molecule has 0 atom stereocenters. The average molecular weight is 864 g/mol. The lowest BCUT2D eigenvalue weighted by molar-refractivity contribution is 0.660. The minimum Gasteiger partial charge on any atom is -0.456 e. The van der Waals surface area contributed by atoms with E-state index >= 15 is 0 Å². The molecule has 0 bridgehead atoms. The SMILES string of the molecule is CC1(C)c2ccccc2-c2ccc(-c3cccc(-c4ccc5oc6cccc(-c7nc(-c8ccc9sc%10ccccc%10c9c8)nc(-c8cccc9oc%10ccccc%10c89)n7)c6c5c4)c3)cc21. The Morgan fingerprint density at radius 2 is 0.879 bits per heavy atom. The summed E-state index contributed by atoms with van der Waals surface area (Å²) >= 11 is 1.80. The van der Waals surface area contributed by atoms with Gasteiger partial charge in [-0.2, -0.15) is 0 Å². The van der Waals surface area contributed by atoms with Crippen LogP contribution in [0.4, 0.5) is 0 Å². The number of nitrogens with zero attached hydrogens (tertiary/aromatic N) is 3. The van der Waals surface area contributed by atoms with Gasteiger partial charge in [0.25, 0.3) is 0 Å². The van der Waals surface area contributed by atoms with Crippen molar-refractivity contribution < 1.29 is 8.83 Å². The summed E-state index contributed by atoms with van der Waals surface area (Å²) in [5, 5.41) is 6.36. The fraction of sp³-hybridized carbons (Fsp3) is 0.0500. The lowest BCUT2D eigenvalue weighted by atomic mass is 9.81. The van der Waals surface area contributed by atoms with Crippen LogP contribution < -0.4 is 0 Å². The van der Waals surface area contributed by atoms with Gasteiger partial charge in [-0.3, -0.25) is 0 Å². The summed E-state index contributed by atoms with van der Waals surface area (Å²) in [4.78, 5) is 16.0. The number of benzene rings is 9. The molecule has 0 N–H and O–H groups in total. The topological polar surface area (TPSA) is 65.0 Å². The highest BCUT2D eigenvalue weighted by atomic mass is 32.1. The van der Waals surface area contributed by atoms with Crippen LogP contribution in [0, 0.1) is 0 Å². The average Bonchev–Trinajstić information content (AvgIpc) is 4.11. The van der Waals surface area contributed by atoms with E-state index in [-0.39, 0.29) is 5.41 Å². The number of fused-ring (bicyclic) bond motifs is 12. The molecule has 1 aliphatic carbocycles. The van der Waals surface area contributed by atoms with Gasteiger partial charge >= 0.3 is 0 Å². The van der Waals surface area contributed by atoms with Crippen LogP contribution in [-0.2, 0) is 5.41 Å². The Bertz CT molecular complexity index is 4170. The second-order valence-corrected chi connectivity index (χ2v) is 19.0. The van der Waals surface area contributed by atoms with Gasteiger partial charge in [0.15, 0.2) is 17.5 Å². The molecule has 0 radical (unpaired) electrons. The molecule has 13 aromatic rings. The largest absolute Gasteiger partial charge is 0.456 e. The highest BCUT2D eigenvalue weighted by molar-refractivity contribution is 7.25. The van der Waals surface area contributed by atoms with E-state index < -0.39 is 0 Å². The van der Waals surface area contributed by atoms with Gasteiger partial charge in [-0.25, -0.2) is 15.0 Å². The Morgan fingerprint density at radius 3 is 1.68 bits per heavy atom. The van der Waals surface area contributed by atoms with Crippen LogP contribution in [0.1, 0.15) is 25.0 Å². The first-order valence-electron chi connectivity index (χ1n) is 22.3. The Labute approximate surface area is 383 Å². The third-order valence-corrected chi connectivity index (χ3v) is 14.9. The van der Waals surface area contributed by atoms with Crippen molar-refractivity contribution in [1.29, 1.82) is 0 Å². The number of furan rings is 2. The van der Waals surface area contributed by atoms with Gasteiger partial charge in [0.1, 0.15) is 22.3 Å². The van der Waals surface area contributed by atoms with E-state index in [1.807, 2.05) is 42.5 Å². The normalized spacial score (nSPS) is 13.1. The van der Waals surface area contributed by atoms with Crippen LogP contribution in [0.15, 0.2) is 197 Å². The molecule has 310 valence electrons. The lowest BCUT2D eigenvalue weighted by Crippen LogP contribution is -2.14. The zero-order chi connectivity index (χ0) is 43.7. The van der Waals surface area contributed by atoms with Gasteiger partial charge in [0, 0.05) is 63.8 Å². The molecular weight excluding hydrogens is 827 g/mol. The smallest absolute Gasteiger partial charge is 0.164 e. The number of rotatable bonds is 5. The molecule has 66 heavy (non-hydrogen) atoms. The molecule has 4 aromatic heterocycles. The highest BCUT2D eigenvalue weighted by Gasteiger charge is 2.35. The van der Waals surface area contributed by atoms with Gasteiger partial charge in [-0.05, 0) is 111 Å². The number of hydrogen-bond acceptors (Lipinski definition) is 6. The Balaban J connectivity index is 0.935. The second kappa shape index (κ2) is 13.9. The Morgan fingerprint density at radius 1 is 0.348 bits per heavy atom. The fourth-order valence-corrected chi connectivity index (χ4v) is 11.6. The van der Waals surface area contributed by atoms with Crippen LogP contribution in [0.5, 0.6) is 0 Å². The molecule has 14 rings (SSSR count). The van der Waals surface area contributed by atoms with Gasteiger partial charge < -0.3 is 8.83 Å². The number of thiophene rings is 1. The van der Waals surface area contributed by atoms with E-state index in [1.165, 1.54) is 53.6 Å². The van der Waals surface area contributed by atoms with E-state index in [2.05, 4.69) is 159 Å². The van der Waals surface area contributed by atoms with Crippen molar-refractivity contribution in [3.63, 3.8) is 0 Å². The van der Waals surface area contributed by atoms with Crippen LogP contribution in [0.2, 0.25) is 0 Å². The summed E-state index contributed by atoms with van der Waals surface area (Å²) in [6.45, 7) is 4.67. The van der Waals surface area contributed by atoms with E-state index in [4.69, 9.17) is 23.8 Å². The molecular formula is C60H37N3O2S. The summed E-state index contributed by atoms with van der Waals surface area (Å²) in [5.74, 6) is 1.74. The number of aromatic nitrogens is 3. The molecule has 1 aliphatic rings.